The number of hydrogen-bond donors (Lipinski definition) is 2. The second-order valence-corrected chi connectivity index (χ2v) is 5.38. The highest BCUT2D eigenvalue weighted by Gasteiger charge is 2.10. The van der Waals surface area contributed by atoms with E-state index in [9.17, 15) is 9.18 Å². The average Bonchev–Trinajstić information content (AvgIpc) is 2.43. The minimum absolute atomic E-state index is 0.102. The fraction of sp³-hybridized carbons (Fsp3) is 0. The first-order chi connectivity index (χ1) is 9.47. The van der Waals surface area contributed by atoms with Crippen molar-refractivity contribution in [3.63, 3.8) is 0 Å². The van der Waals surface area contributed by atoms with Crippen LogP contribution in [0.25, 0.3) is 0 Å². The lowest BCUT2D eigenvalue weighted by atomic mass is 10.1. The molecular weight excluding hydrogens is 343 g/mol. The van der Waals surface area contributed by atoms with Crippen LogP contribution in [-0.2, 0) is 0 Å². The summed E-state index contributed by atoms with van der Waals surface area (Å²) in [6.07, 6.45) is 0. The van der Waals surface area contributed by atoms with Crippen LogP contribution in [0, 0.1) is 5.82 Å². The van der Waals surface area contributed by atoms with E-state index in [-0.39, 0.29) is 10.7 Å². The molecule has 0 unspecified atom stereocenters. The first kappa shape index (κ1) is 14.6. The molecule has 0 heterocycles. The third-order valence-electron chi connectivity index (χ3n) is 2.59. The second kappa shape index (κ2) is 6.11. The van der Waals surface area contributed by atoms with Crippen molar-refractivity contribution in [2.24, 2.45) is 5.73 Å². The first-order valence-electron chi connectivity index (χ1n) is 5.63. The average molecular weight is 353 g/mol. The number of benzene rings is 2. The van der Waals surface area contributed by atoms with Crippen molar-refractivity contribution in [2.45, 2.75) is 0 Å². The van der Waals surface area contributed by atoms with E-state index in [0.717, 1.165) is 0 Å². The Bertz CT molecular complexity index is 691. The summed E-state index contributed by atoms with van der Waals surface area (Å²) in [5.74, 6) is -0.938. The number of nitrogens with two attached hydrogens (primary N) is 1. The van der Waals surface area contributed by atoms with Gasteiger partial charge < -0.3 is 11.1 Å². The second-order valence-electron chi connectivity index (χ2n) is 4.02. The zero-order valence-corrected chi connectivity index (χ0v) is 12.6. The van der Waals surface area contributed by atoms with Gasteiger partial charge in [0.25, 0.3) is 5.91 Å². The Morgan fingerprint density at radius 3 is 2.60 bits per heavy atom. The molecule has 0 aliphatic heterocycles. The molecule has 0 aliphatic carbocycles. The Labute approximate surface area is 129 Å². The molecule has 0 aliphatic rings. The molecule has 0 fully saturated rings. The monoisotopic (exact) mass is 352 g/mol. The number of carbonyl (C=O) groups excluding carboxylic acids is 1. The number of nitrogens with one attached hydrogen (secondary N) is 1. The van der Waals surface area contributed by atoms with Crippen LogP contribution in [0.1, 0.15) is 15.9 Å². The summed E-state index contributed by atoms with van der Waals surface area (Å²) in [5, 5.41) is 2.51. The molecule has 0 radical (unpaired) electrons. The summed E-state index contributed by atoms with van der Waals surface area (Å²) in [5.41, 5.74) is 6.56. The summed E-state index contributed by atoms with van der Waals surface area (Å²) in [6, 6.07) is 10.9. The van der Waals surface area contributed by atoms with Crippen LogP contribution in [0.15, 0.2) is 46.9 Å². The van der Waals surface area contributed by atoms with Gasteiger partial charge in [-0.2, -0.15) is 0 Å². The standard InChI is InChI=1S/C14H10BrFN2OS/c15-10-4-5-11(16)12(7-10)18-14(19)9-3-1-2-8(6-9)13(17)20/h1-7H,(H2,17,20)(H,18,19). The third-order valence-corrected chi connectivity index (χ3v) is 3.31. The zero-order chi connectivity index (χ0) is 14.7. The zero-order valence-electron chi connectivity index (χ0n) is 10.2. The lowest BCUT2D eigenvalue weighted by molar-refractivity contribution is 0.102. The van der Waals surface area contributed by atoms with E-state index < -0.39 is 11.7 Å². The SMILES string of the molecule is NC(=S)c1cccc(C(=O)Nc2cc(Br)ccc2F)c1. The van der Waals surface area contributed by atoms with Crippen molar-refractivity contribution in [3.05, 3.63) is 63.9 Å². The molecule has 0 saturated heterocycles. The van der Waals surface area contributed by atoms with Gasteiger partial charge in [0, 0.05) is 15.6 Å². The molecule has 20 heavy (non-hydrogen) atoms. The Kier molecular flexibility index (Phi) is 4.46. The predicted octanol–water partition coefficient (Wildman–Crippen LogP) is 3.47. The van der Waals surface area contributed by atoms with Gasteiger partial charge in [0.15, 0.2) is 0 Å². The van der Waals surface area contributed by atoms with Gasteiger partial charge in [-0.25, -0.2) is 4.39 Å². The number of anilines is 1. The topological polar surface area (TPSA) is 55.1 Å². The summed E-state index contributed by atoms with van der Waals surface area (Å²) in [4.78, 5) is 12.3. The maximum absolute atomic E-state index is 13.6. The van der Waals surface area contributed by atoms with Crippen LogP contribution < -0.4 is 11.1 Å². The normalized spacial score (nSPS) is 10.1. The van der Waals surface area contributed by atoms with Gasteiger partial charge in [-0.1, -0.05) is 40.3 Å². The Hall–Kier alpha value is -1.79. The molecular formula is C14H10BrFN2OS. The van der Waals surface area contributed by atoms with Crippen LogP contribution >= 0.6 is 28.1 Å². The molecule has 3 N–H and O–H groups in total. The number of amides is 1. The third kappa shape index (κ3) is 3.40. The number of rotatable bonds is 3. The summed E-state index contributed by atoms with van der Waals surface area (Å²) in [7, 11) is 0. The van der Waals surface area contributed by atoms with Crippen molar-refractivity contribution >= 4 is 44.7 Å². The molecule has 0 saturated carbocycles. The summed E-state index contributed by atoms with van der Waals surface area (Å²) < 4.78 is 14.2. The van der Waals surface area contributed by atoms with Gasteiger partial charge in [0.05, 0.1) is 5.69 Å². The molecule has 6 heteroatoms. The number of halogens is 2. The van der Waals surface area contributed by atoms with E-state index in [0.29, 0.717) is 15.6 Å². The van der Waals surface area contributed by atoms with Gasteiger partial charge in [-0.3, -0.25) is 4.79 Å². The minimum atomic E-state index is -0.507. The highest BCUT2D eigenvalue weighted by Crippen LogP contribution is 2.20. The molecule has 3 nitrogen and oxygen atoms in total. The smallest absolute Gasteiger partial charge is 0.255 e. The van der Waals surface area contributed by atoms with Crippen LogP contribution in [0.4, 0.5) is 10.1 Å². The largest absolute Gasteiger partial charge is 0.389 e. The van der Waals surface area contributed by atoms with E-state index in [1.807, 2.05) is 0 Å². The van der Waals surface area contributed by atoms with Gasteiger partial charge in [0.2, 0.25) is 0 Å². The highest BCUT2D eigenvalue weighted by molar-refractivity contribution is 9.10. The van der Waals surface area contributed by atoms with Crippen LogP contribution in [0.3, 0.4) is 0 Å². The van der Waals surface area contributed by atoms with Crippen molar-refractivity contribution in [1.29, 1.82) is 0 Å². The first-order valence-corrected chi connectivity index (χ1v) is 6.84. The van der Waals surface area contributed by atoms with Gasteiger partial charge in [-0.05, 0) is 30.3 Å². The quantitative estimate of drug-likeness (QED) is 0.831. The summed E-state index contributed by atoms with van der Waals surface area (Å²) in [6.45, 7) is 0. The van der Waals surface area contributed by atoms with Gasteiger partial charge in [0.1, 0.15) is 10.8 Å². The van der Waals surface area contributed by atoms with E-state index in [1.54, 1.807) is 30.3 Å². The Balaban J connectivity index is 2.26. The number of carbonyl (C=O) groups is 1. The van der Waals surface area contributed by atoms with Gasteiger partial charge in [-0.15, -0.1) is 0 Å². The minimum Gasteiger partial charge on any atom is -0.389 e. The molecule has 2 rings (SSSR count). The number of hydrogen-bond acceptors (Lipinski definition) is 2. The maximum atomic E-state index is 13.6. The van der Waals surface area contributed by atoms with E-state index in [1.165, 1.54) is 12.1 Å². The maximum Gasteiger partial charge on any atom is 0.255 e. The molecule has 2 aromatic carbocycles. The van der Waals surface area contributed by atoms with Crippen molar-refractivity contribution < 1.29 is 9.18 Å². The summed E-state index contributed by atoms with van der Waals surface area (Å²) >= 11 is 8.08. The molecule has 1 amide bonds. The lowest BCUT2D eigenvalue weighted by Gasteiger charge is -2.08. The molecule has 102 valence electrons. The fourth-order valence-electron chi connectivity index (χ4n) is 1.60. The van der Waals surface area contributed by atoms with E-state index in [4.69, 9.17) is 18.0 Å². The molecule has 0 spiro atoms. The lowest BCUT2D eigenvalue weighted by Crippen LogP contribution is -2.15. The van der Waals surface area contributed by atoms with Gasteiger partial charge >= 0.3 is 0 Å². The Morgan fingerprint density at radius 1 is 1.20 bits per heavy atom. The highest BCUT2D eigenvalue weighted by atomic mass is 79.9. The predicted molar refractivity (Wildman–Crippen MR) is 84.4 cm³/mol. The molecule has 0 aromatic heterocycles. The van der Waals surface area contributed by atoms with E-state index >= 15 is 0 Å². The van der Waals surface area contributed by atoms with Crippen LogP contribution in [0.2, 0.25) is 0 Å². The molecule has 2 aromatic rings. The number of thiocarbonyl (C=S) groups is 1. The Morgan fingerprint density at radius 2 is 1.90 bits per heavy atom. The molecule has 0 atom stereocenters. The van der Waals surface area contributed by atoms with Crippen LogP contribution in [-0.4, -0.2) is 10.9 Å². The molecule has 0 bridgehead atoms. The van der Waals surface area contributed by atoms with Crippen LogP contribution in [0.5, 0.6) is 0 Å². The van der Waals surface area contributed by atoms with E-state index in [2.05, 4.69) is 21.2 Å². The van der Waals surface area contributed by atoms with Crippen molar-refractivity contribution in [1.82, 2.24) is 0 Å². The van der Waals surface area contributed by atoms with Crippen molar-refractivity contribution in [2.75, 3.05) is 5.32 Å². The van der Waals surface area contributed by atoms with Crippen molar-refractivity contribution in [3.8, 4) is 0 Å². The fourth-order valence-corrected chi connectivity index (χ4v) is 2.09.